The zero-order valence-corrected chi connectivity index (χ0v) is 18.1. The van der Waals surface area contributed by atoms with Crippen molar-refractivity contribution in [3.05, 3.63) is 54.5 Å². The molecule has 2 aliphatic heterocycles. The van der Waals surface area contributed by atoms with Crippen LogP contribution in [-0.4, -0.2) is 63.8 Å². The summed E-state index contributed by atoms with van der Waals surface area (Å²) in [7, 11) is 0. The summed E-state index contributed by atoms with van der Waals surface area (Å²) < 4.78 is 15.0. The third-order valence-electron chi connectivity index (χ3n) is 6.19. The van der Waals surface area contributed by atoms with Gasteiger partial charge < -0.3 is 18.9 Å². The van der Waals surface area contributed by atoms with Gasteiger partial charge in [-0.05, 0) is 19.1 Å². The maximum Gasteiger partial charge on any atom is 0.164 e. The first-order valence-electron chi connectivity index (χ1n) is 11.1. The zero-order valence-electron chi connectivity index (χ0n) is 18.1. The Morgan fingerprint density at radius 3 is 2.72 bits per heavy atom. The molecule has 1 aromatic carbocycles. The number of rotatable bonds is 5. The van der Waals surface area contributed by atoms with Crippen molar-refractivity contribution in [2.24, 2.45) is 5.92 Å². The molecule has 0 unspecified atom stereocenters. The fraction of sp³-hybridized carbons (Fsp3) is 0.375. The second-order valence-electron chi connectivity index (χ2n) is 8.59. The predicted molar refractivity (Wildman–Crippen MR) is 122 cm³/mol. The Kier molecular flexibility index (Phi) is 4.88. The molecule has 8 heteroatoms. The van der Waals surface area contributed by atoms with Crippen molar-refractivity contribution in [3.63, 3.8) is 0 Å². The van der Waals surface area contributed by atoms with Crippen LogP contribution in [0.4, 0.5) is 5.69 Å². The van der Waals surface area contributed by atoms with Gasteiger partial charge in [0.1, 0.15) is 5.52 Å². The first-order chi connectivity index (χ1) is 15.7. The van der Waals surface area contributed by atoms with Crippen molar-refractivity contribution in [2.75, 3.05) is 44.4 Å². The minimum atomic E-state index is 0.516. The Morgan fingerprint density at radius 2 is 1.94 bits per heavy atom. The van der Waals surface area contributed by atoms with Crippen molar-refractivity contribution in [2.45, 2.75) is 13.5 Å². The molecular formula is C24H26N6O2. The summed E-state index contributed by atoms with van der Waals surface area (Å²) in [6, 6.07) is 12.5. The van der Waals surface area contributed by atoms with Crippen LogP contribution in [0.3, 0.4) is 0 Å². The average molecular weight is 431 g/mol. The molecule has 2 saturated heterocycles. The SMILES string of the molecule is Cc1cccc(-c2ccn(-c3cc(N4CCOCC4)c4ncn(CC5COC5)c4n3)n2)c1. The molecule has 2 aliphatic rings. The van der Waals surface area contributed by atoms with Crippen molar-refractivity contribution < 1.29 is 9.47 Å². The van der Waals surface area contributed by atoms with E-state index >= 15 is 0 Å². The molecule has 32 heavy (non-hydrogen) atoms. The number of hydrogen-bond acceptors (Lipinski definition) is 6. The number of benzene rings is 1. The van der Waals surface area contributed by atoms with E-state index in [0.717, 1.165) is 80.0 Å². The predicted octanol–water partition coefficient (Wildman–Crippen LogP) is 3.08. The number of anilines is 1. The molecule has 6 rings (SSSR count). The second-order valence-corrected chi connectivity index (χ2v) is 8.59. The number of nitrogens with zero attached hydrogens (tertiary/aromatic N) is 6. The molecular weight excluding hydrogens is 404 g/mol. The first-order valence-corrected chi connectivity index (χ1v) is 11.1. The van der Waals surface area contributed by atoms with Crippen molar-refractivity contribution >= 4 is 16.9 Å². The van der Waals surface area contributed by atoms with Gasteiger partial charge in [0.05, 0.1) is 44.1 Å². The van der Waals surface area contributed by atoms with Crippen LogP contribution in [0.25, 0.3) is 28.2 Å². The highest BCUT2D eigenvalue weighted by atomic mass is 16.5. The highest BCUT2D eigenvalue weighted by Crippen LogP contribution is 2.29. The van der Waals surface area contributed by atoms with E-state index in [1.165, 1.54) is 5.56 Å². The lowest BCUT2D eigenvalue weighted by Crippen LogP contribution is -2.36. The minimum Gasteiger partial charge on any atom is -0.381 e. The number of pyridine rings is 1. The van der Waals surface area contributed by atoms with Gasteiger partial charge in [-0.1, -0.05) is 23.8 Å². The molecule has 0 spiro atoms. The van der Waals surface area contributed by atoms with Gasteiger partial charge in [0.2, 0.25) is 0 Å². The van der Waals surface area contributed by atoms with Gasteiger partial charge in [-0.2, -0.15) is 5.10 Å². The van der Waals surface area contributed by atoms with Gasteiger partial charge >= 0.3 is 0 Å². The van der Waals surface area contributed by atoms with E-state index < -0.39 is 0 Å². The number of fused-ring (bicyclic) bond motifs is 1. The first kappa shape index (κ1) is 19.5. The van der Waals surface area contributed by atoms with Crippen LogP contribution in [0.2, 0.25) is 0 Å². The largest absolute Gasteiger partial charge is 0.381 e. The maximum absolute atomic E-state index is 5.58. The molecule has 3 aromatic heterocycles. The van der Waals surface area contributed by atoms with Crippen LogP contribution in [0.15, 0.2) is 48.9 Å². The van der Waals surface area contributed by atoms with Crippen LogP contribution in [0, 0.1) is 12.8 Å². The molecule has 5 heterocycles. The molecule has 164 valence electrons. The van der Waals surface area contributed by atoms with Crippen molar-refractivity contribution in [1.82, 2.24) is 24.3 Å². The number of aromatic nitrogens is 5. The number of hydrogen-bond donors (Lipinski definition) is 0. The molecule has 0 amide bonds. The maximum atomic E-state index is 5.58. The van der Waals surface area contributed by atoms with Gasteiger partial charge in [0.15, 0.2) is 11.5 Å². The quantitative estimate of drug-likeness (QED) is 0.485. The van der Waals surface area contributed by atoms with Gasteiger partial charge in [-0.25, -0.2) is 14.6 Å². The standard InChI is InChI=1S/C24H26N6O2/c1-17-3-2-4-19(11-17)20-5-6-30(27-20)22-12-21(28-7-9-31-10-8-28)23-24(26-22)29(16-25-23)13-18-14-32-15-18/h2-6,11-12,16,18H,7-10,13-15H2,1H3. The summed E-state index contributed by atoms with van der Waals surface area (Å²) in [5, 5.41) is 4.85. The van der Waals surface area contributed by atoms with Crippen LogP contribution in [-0.2, 0) is 16.0 Å². The van der Waals surface area contributed by atoms with Gasteiger partial charge in [-0.3, -0.25) is 0 Å². The second kappa shape index (κ2) is 8.03. The molecule has 8 nitrogen and oxygen atoms in total. The molecule has 2 fully saturated rings. The van der Waals surface area contributed by atoms with Crippen molar-refractivity contribution in [3.8, 4) is 17.1 Å². The summed E-state index contributed by atoms with van der Waals surface area (Å²) >= 11 is 0. The summed E-state index contributed by atoms with van der Waals surface area (Å²) in [6.45, 7) is 7.69. The Labute approximate surface area is 186 Å². The zero-order chi connectivity index (χ0) is 21.5. The van der Waals surface area contributed by atoms with Gasteiger partial charge in [-0.15, -0.1) is 0 Å². The molecule has 0 radical (unpaired) electrons. The van der Waals surface area contributed by atoms with Crippen LogP contribution in [0.5, 0.6) is 0 Å². The normalized spacial score (nSPS) is 17.1. The Balaban J connectivity index is 1.43. The molecule has 0 aliphatic carbocycles. The minimum absolute atomic E-state index is 0.516. The van der Waals surface area contributed by atoms with E-state index in [9.17, 15) is 0 Å². The highest BCUT2D eigenvalue weighted by Gasteiger charge is 2.23. The lowest BCUT2D eigenvalue weighted by Gasteiger charge is -2.29. The van der Waals surface area contributed by atoms with Crippen LogP contribution >= 0.6 is 0 Å². The summed E-state index contributed by atoms with van der Waals surface area (Å²) in [6.07, 6.45) is 3.89. The molecule has 4 aromatic rings. The van der Waals surface area contributed by atoms with E-state index in [-0.39, 0.29) is 0 Å². The van der Waals surface area contributed by atoms with Crippen LogP contribution < -0.4 is 4.90 Å². The number of morpholine rings is 1. The summed E-state index contributed by atoms with van der Waals surface area (Å²) in [5.41, 5.74) is 6.17. The number of aryl methyl sites for hydroxylation is 1. The van der Waals surface area contributed by atoms with E-state index in [1.807, 2.05) is 23.3 Å². The lowest BCUT2D eigenvalue weighted by molar-refractivity contribution is -0.0390. The fourth-order valence-electron chi connectivity index (χ4n) is 4.38. The Morgan fingerprint density at radius 1 is 1.06 bits per heavy atom. The fourth-order valence-corrected chi connectivity index (χ4v) is 4.38. The number of imidazole rings is 1. The van der Waals surface area contributed by atoms with E-state index in [2.05, 4.69) is 46.7 Å². The highest BCUT2D eigenvalue weighted by molar-refractivity contribution is 5.87. The monoisotopic (exact) mass is 430 g/mol. The summed E-state index contributed by atoms with van der Waals surface area (Å²) in [4.78, 5) is 12.1. The van der Waals surface area contributed by atoms with Crippen molar-refractivity contribution in [1.29, 1.82) is 0 Å². The smallest absolute Gasteiger partial charge is 0.164 e. The Bertz CT molecular complexity index is 1250. The molecule has 0 N–H and O–H groups in total. The van der Waals surface area contributed by atoms with E-state index in [0.29, 0.717) is 5.92 Å². The van der Waals surface area contributed by atoms with Gasteiger partial charge in [0.25, 0.3) is 0 Å². The number of ether oxygens (including phenoxy) is 2. The van der Waals surface area contributed by atoms with Gasteiger partial charge in [0, 0.05) is 43.4 Å². The average Bonchev–Trinajstić information content (AvgIpc) is 3.44. The van der Waals surface area contributed by atoms with E-state index in [1.54, 1.807) is 0 Å². The topological polar surface area (TPSA) is 70.2 Å². The third kappa shape index (κ3) is 3.55. The summed E-state index contributed by atoms with van der Waals surface area (Å²) in [5.74, 6) is 1.31. The lowest BCUT2D eigenvalue weighted by atomic mass is 10.1. The molecule has 0 bridgehead atoms. The van der Waals surface area contributed by atoms with Crippen LogP contribution in [0.1, 0.15) is 5.56 Å². The molecule has 0 atom stereocenters. The molecule has 0 saturated carbocycles. The Hall–Kier alpha value is -3.23. The third-order valence-corrected chi connectivity index (χ3v) is 6.19. The van der Waals surface area contributed by atoms with E-state index in [4.69, 9.17) is 24.5 Å².